The van der Waals surface area contributed by atoms with Gasteiger partial charge in [0.25, 0.3) is 0 Å². The maximum Gasteiger partial charge on any atom is 0.108 e. The van der Waals surface area contributed by atoms with Gasteiger partial charge in [-0.25, -0.2) is 0 Å². The summed E-state index contributed by atoms with van der Waals surface area (Å²) in [5, 5.41) is 12.1. The Bertz CT molecular complexity index is 191. The lowest BCUT2D eigenvalue weighted by Crippen LogP contribution is -2.49. The summed E-state index contributed by atoms with van der Waals surface area (Å²) in [7, 11) is 2.14. The number of likely N-dealkylation sites (N-methyl/N-ethyl adjacent to an activating group) is 2. The minimum absolute atomic E-state index is 0.0107. The van der Waals surface area contributed by atoms with Crippen LogP contribution in [0.15, 0.2) is 0 Å². The van der Waals surface area contributed by atoms with Crippen LogP contribution in [0.3, 0.4) is 0 Å². The molecule has 1 saturated heterocycles. The molecule has 4 heteroatoms. The highest BCUT2D eigenvalue weighted by molar-refractivity contribution is 4.92. The van der Waals surface area contributed by atoms with E-state index < -0.39 is 0 Å². The first-order valence-electron chi connectivity index (χ1n) is 5.30. The summed E-state index contributed by atoms with van der Waals surface area (Å²) in [4.78, 5) is 4.68. The maximum absolute atomic E-state index is 8.89. The Hall–Kier alpha value is -0.630. The van der Waals surface area contributed by atoms with E-state index in [9.17, 15) is 0 Å². The third-order valence-corrected chi connectivity index (χ3v) is 2.64. The van der Waals surface area contributed by atoms with Crippen LogP contribution in [0.2, 0.25) is 0 Å². The number of nitrogens with zero attached hydrogens (tertiary/aromatic N) is 3. The van der Waals surface area contributed by atoms with E-state index in [1.54, 1.807) is 0 Å². The molecule has 1 unspecified atom stereocenters. The van der Waals surface area contributed by atoms with Crippen LogP contribution in [-0.4, -0.2) is 62.2 Å². The van der Waals surface area contributed by atoms with Crippen molar-refractivity contribution in [1.82, 2.24) is 15.1 Å². The highest BCUT2D eigenvalue weighted by Crippen LogP contribution is 1.99. The number of nitriles is 1. The number of rotatable bonds is 4. The van der Waals surface area contributed by atoms with Crippen molar-refractivity contribution in [2.75, 3.05) is 46.3 Å². The van der Waals surface area contributed by atoms with E-state index in [1.165, 1.54) is 0 Å². The largest absolute Gasteiger partial charge is 0.304 e. The molecule has 1 aliphatic heterocycles. The second-order valence-corrected chi connectivity index (χ2v) is 3.84. The second-order valence-electron chi connectivity index (χ2n) is 3.84. The third kappa shape index (κ3) is 3.62. The van der Waals surface area contributed by atoms with Gasteiger partial charge in [-0.2, -0.15) is 5.26 Å². The van der Waals surface area contributed by atoms with Crippen LogP contribution in [0.25, 0.3) is 0 Å². The van der Waals surface area contributed by atoms with E-state index in [4.69, 9.17) is 5.26 Å². The number of nitrogens with one attached hydrogen (secondary N) is 1. The van der Waals surface area contributed by atoms with Crippen LogP contribution in [0.1, 0.15) is 6.92 Å². The van der Waals surface area contributed by atoms with Gasteiger partial charge < -0.3 is 10.2 Å². The van der Waals surface area contributed by atoms with Crippen LogP contribution in [0.5, 0.6) is 0 Å². The smallest absolute Gasteiger partial charge is 0.108 e. The van der Waals surface area contributed by atoms with Crippen LogP contribution in [0.4, 0.5) is 0 Å². The lowest BCUT2D eigenvalue weighted by atomic mass is 10.2. The molecule has 0 spiro atoms. The number of hydrogen-bond acceptors (Lipinski definition) is 4. The monoisotopic (exact) mass is 196 g/mol. The average Bonchev–Trinajstić information content (AvgIpc) is 2.20. The molecule has 0 aliphatic carbocycles. The van der Waals surface area contributed by atoms with Crippen LogP contribution in [0, 0.1) is 11.3 Å². The first-order valence-corrected chi connectivity index (χ1v) is 5.30. The predicted octanol–water partition coefficient (Wildman–Crippen LogP) is -0.265. The first kappa shape index (κ1) is 11.4. The van der Waals surface area contributed by atoms with Gasteiger partial charge in [-0.3, -0.25) is 4.90 Å². The standard InChI is InChI=1S/C10H20N4/c1-3-12-10(8-11)9-14-6-4-13(2)5-7-14/h10,12H,3-7,9H2,1-2H3. The molecule has 1 heterocycles. The fraction of sp³-hybridized carbons (Fsp3) is 0.900. The number of hydrogen-bond donors (Lipinski definition) is 1. The van der Waals surface area contributed by atoms with Gasteiger partial charge in [-0.05, 0) is 13.6 Å². The molecule has 1 aliphatic rings. The Morgan fingerprint density at radius 2 is 2.00 bits per heavy atom. The number of piperazine rings is 1. The fourth-order valence-electron chi connectivity index (χ4n) is 1.69. The molecule has 0 aromatic carbocycles. The van der Waals surface area contributed by atoms with Crippen molar-refractivity contribution in [3.8, 4) is 6.07 Å². The zero-order valence-corrected chi connectivity index (χ0v) is 9.16. The lowest BCUT2D eigenvalue weighted by Gasteiger charge is -2.33. The molecular formula is C10H20N4. The van der Waals surface area contributed by atoms with Crippen molar-refractivity contribution in [2.45, 2.75) is 13.0 Å². The van der Waals surface area contributed by atoms with Crippen LogP contribution >= 0.6 is 0 Å². The molecule has 80 valence electrons. The molecular weight excluding hydrogens is 176 g/mol. The van der Waals surface area contributed by atoms with E-state index in [1.807, 2.05) is 6.92 Å². The molecule has 1 atom stereocenters. The molecule has 4 nitrogen and oxygen atoms in total. The van der Waals surface area contributed by atoms with Gasteiger partial charge in [0.2, 0.25) is 0 Å². The zero-order chi connectivity index (χ0) is 10.4. The first-order chi connectivity index (χ1) is 6.76. The van der Waals surface area contributed by atoms with Crippen LogP contribution in [-0.2, 0) is 0 Å². The summed E-state index contributed by atoms with van der Waals surface area (Å²) in [5.41, 5.74) is 0. The minimum Gasteiger partial charge on any atom is -0.304 e. The van der Waals surface area contributed by atoms with Gasteiger partial charge in [0.15, 0.2) is 0 Å². The van der Waals surface area contributed by atoms with E-state index in [0.29, 0.717) is 0 Å². The van der Waals surface area contributed by atoms with Crippen molar-refractivity contribution in [3.63, 3.8) is 0 Å². The highest BCUT2D eigenvalue weighted by atomic mass is 15.3. The van der Waals surface area contributed by atoms with Gasteiger partial charge in [-0.15, -0.1) is 0 Å². The summed E-state index contributed by atoms with van der Waals surface area (Å²) >= 11 is 0. The summed E-state index contributed by atoms with van der Waals surface area (Å²) in [6.45, 7) is 8.16. The molecule has 0 amide bonds. The van der Waals surface area contributed by atoms with E-state index in [0.717, 1.165) is 39.3 Å². The summed E-state index contributed by atoms with van der Waals surface area (Å²) in [6, 6.07) is 2.28. The Kier molecular flexibility index (Phi) is 4.88. The van der Waals surface area contributed by atoms with Crippen molar-refractivity contribution < 1.29 is 0 Å². The molecule has 0 saturated carbocycles. The Balaban J connectivity index is 2.26. The lowest BCUT2D eigenvalue weighted by molar-refractivity contribution is 0.148. The van der Waals surface area contributed by atoms with Gasteiger partial charge >= 0.3 is 0 Å². The van der Waals surface area contributed by atoms with Crippen LogP contribution < -0.4 is 5.32 Å². The summed E-state index contributed by atoms with van der Waals surface area (Å²) in [6.07, 6.45) is 0. The van der Waals surface area contributed by atoms with E-state index in [2.05, 4.69) is 28.2 Å². The average molecular weight is 196 g/mol. The molecule has 1 rings (SSSR count). The minimum atomic E-state index is -0.0107. The van der Waals surface area contributed by atoms with Crippen molar-refractivity contribution in [3.05, 3.63) is 0 Å². The Labute approximate surface area is 86.5 Å². The predicted molar refractivity (Wildman–Crippen MR) is 57.0 cm³/mol. The van der Waals surface area contributed by atoms with Gasteiger partial charge in [0.1, 0.15) is 6.04 Å². The second kappa shape index (κ2) is 5.97. The molecule has 0 radical (unpaired) electrons. The topological polar surface area (TPSA) is 42.3 Å². The molecule has 0 bridgehead atoms. The van der Waals surface area contributed by atoms with Gasteiger partial charge in [0.05, 0.1) is 6.07 Å². The third-order valence-electron chi connectivity index (χ3n) is 2.64. The van der Waals surface area contributed by atoms with Crippen molar-refractivity contribution in [2.24, 2.45) is 0 Å². The molecule has 14 heavy (non-hydrogen) atoms. The van der Waals surface area contributed by atoms with Crippen molar-refractivity contribution in [1.29, 1.82) is 5.26 Å². The molecule has 1 N–H and O–H groups in total. The molecule has 0 aromatic heterocycles. The van der Waals surface area contributed by atoms with E-state index >= 15 is 0 Å². The highest BCUT2D eigenvalue weighted by Gasteiger charge is 2.17. The van der Waals surface area contributed by atoms with Crippen molar-refractivity contribution >= 4 is 0 Å². The SMILES string of the molecule is CCNC(C#N)CN1CCN(C)CC1. The molecule has 1 fully saturated rings. The molecule has 0 aromatic rings. The quantitative estimate of drug-likeness (QED) is 0.672. The zero-order valence-electron chi connectivity index (χ0n) is 9.16. The fourth-order valence-corrected chi connectivity index (χ4v) is 1.69. The summed E-state index contributed by atoms with van der Waals surface area (Å²) in [5.74, 6) is 0. The van der Waals surface area contributed by atoms with E-state index in [-0.39, 0.29) is 6.04 Å². The maximum atomic E-state index is 8.89. The Morgan fingerprint density at radius 3 is 2.50 bits per heavy atom. The summed E-state index contributed by atoms with van der Waals surface area (Å²) < 4.78 is 0. The van der Waals surface area contributed by atoms with Gasteiger partial charge in [-0.1, -0.05) is 6.92 Å². The normalized spacial score (nSPS) is 21.8. The van der Waals surface area contributed by atoms with Gasteiger partial charge in [0, 0.05) is 32.7 Å². The Morgan fingerprint density at radius 1 is 1.36 bits per heavy atom.